The Morgan fingerprint density at radius 3 is 2.78 bits per heavy atom. The van der Waals surface area contributed by atoms with Crippen molar-refractivity contribution in [2.24, 2.45) is 0 Å². The summed E-state index contributed by atoms with van der Waals surface area (Å²) in [5, 5.41) is 12.3. The molecule has 0 saturated carbocycles. The molecule has 1 atom stereocenters. The lowest BCUT2D eigenvalue weighted by Crippen LogP contribution is -2.11. The molecule has 4 rings (SSSR count). The van der Waals surface area contributed by atoms with Gasteiger partial charge in [0.2, 0.25) is 0 Å². The second-order valence-electron chi connectivity index (χ2n) is 7.34. The van der Waals surface area contributed by atoms with Crippen LogP contribution in [-0.2, 0) is 22.1 Å². The zero-order valence-electron chi connectivity index (χ0n) is 17.9. The Balaban J connectivity index is 1.49. The summed E-state index contributed by atoms with van der Waals surface area (Å²) in [6, 6.07) is 5.74. The number of allylic oxidation sites excluding steroid dienone is 1. The standard InChI is InChI=1S/C21H24N4O4S3/c1-4-8-25-19(15-7-9-32(26,27)13-15)23-24-21(25)31-12-16-11-30-20(22-16)14-5-6-17(28-2)18(10-14)29-3/h4-6,10-11,15H,1,7-9,12-13H2,2-3H3. The Bertz CT molecular complexity index is 1220. The molecule has 3 aromatic rings. The first-order valence-corrected chi connectivity index (χ1v) is 13.7. The fraction of sp³-hybridized carbons (Fsp3) is 0.381. The van der Waals surface area contributed by atoms with Crippen LogP contribution >= 0.6 is 23.1 Å². The molecule has 170 valence electrons. The van der Waals surface area contributed by atoms with Crippen LogP contribution < -0.4 is 9.47 Å². The van der Waals surface area contributed by atoms with Crippen LogP contribution in [-0.4, -0.2) is 53.9 Å². The molecule has 0 amide bonds. The first-order valence-electron chi connectivity index (χ1n) is 9.98. The monoisotopic (exact) mass is 492 g/mol. The zero-order valence-corrected chi connectivity index (χ0v) is 20.3. The van der Waals surface area contributed by atoms with Crippen molar-refractivity contribution in [3.8, 4) is 22.1 Å². The van der Waals surface area contributed by atoms with Crippen molar-refractivity contribution in [3.05, 3.63) is 47.8 Å². The molecule has 0 bridgehead atoms. The van der Waals surface area contributed by atoms with Gasteiger partial charge in [-0.3, -0.25) is 0 Å². The summed E-state index contributed by atoms with van der Waals surface area (Å²) in [5.41, 5.74) is 1.89. The summed E-state index contributed by atoms with van der Waals surface area (Å²) in [6.07, 6.45) is 2.36. The van der Waals surface area contributed by atoms with Gasteiger partial charge in [0.05, 0.1) is 31.4 Å². The topological polar surface area (TPSA) is 96.2 Å². The summed E-state index contributed by atoms with van der Waals surface area (Å²) >= 11 is 3.10. The molecule has 32 heavy (non-hydrogen) atoms. The highest BCUT2D eigenvalue weighted by Crippen LogP contribution is 2.35. The van der Waals surface area contributed by atoms with Crippen LogP contribution in [0, 0.1) is 0 Å². The number of rotatable bonds is 9. The smallest absolute Gasteiger partial charge is 0.191 e. The van der Waals surface area contributed by atoms with Gasteiger partial charge >= 0.3 is 0 Å². The van der Waals surface area contributed by atoms with Crippen LogP contribution in [0.25, 0.3) is 10.6 Å². The lowest BCUT2D eigenvalue weighted by molar-refractivity contribution is 0.355. The molecule has 1 unspecified atom stereocenters. The third-order valence-corrected chi connectivity index (χ3v) is 8.89. The van der Waals surface area contributed by atoms with Gasteiger partial charge in [-0.25, -0.2) is 13.4 Å². The summed E-state index contributed by atoms with van der Waals surface area (Å²) < 4.78 is 36.4. The Labute approximate surface area is 195 Å². The van der Waals surface area contributed by atoms with E-state index in [9.17, 15) is 8.42 Å². The summed E-state index contributed by atoms with van der Waals surface area (Å²) in [5.74, 6) is 2.91. The van der Waals surface area contributed by atoms with Crippen LogP contribution in [0.5, 0.6) is 11.5 Å². The third-order valence-electron chi connectivity index (χ3n) is 5.19. The van der Waals surface area contributed by atoms with Gasteiger partial charge < -0.3 is 14.0 Å². The number of sulfone groups is 1. The molecule has 3 heterocycles. The highest BCUT2D eigenvalue weighted by molar-refractivity contribution is 7.98. The molecule has 0 N–H and O–H groups in total. The molecule has 8 nitrogen and oxygen atoms in total. The van der Waals surface area contributed by atoms with E-state index in [0.29, 0.717) is 30.2 Å². The number of nitrogens with zero attached hydrogens (tertiary/aromatic N) is 4. The van der Waals surface area contributed by atoms with Crippen LogP contribution in [0.2, 0.25) is 0 Å². The van der Waals surface area contributed by atoms with E-state index < -0.39 is 9.84 Å². The van der Waals surface area contributed by atoms with Crippen molar-refractivity contribution >= 4 is 32.9 Å². The number of ether oxygens (including phenoxy) is 2. The van der Waals surface area contributed by atoms with Gasteiger partial charge in [0.15, 0.2) is 26.5 Å². The van der Waals surface area contributed by atoms with Crippen molar-refractivity contribution in [1.82, 2.24) is 19.7 Å². The van der Waals surface area contributed by atoms with E-state index in [1.807, 2.05) is 28.1 Å². The van der Waals surface area contributed by atoms with Crippen molar-refractivity contribution < 1.29 is 17.9 Å². The minimum Gasteiger partial charge on any atom is -0.493 e. The van der Waals surface area contributed by atoms with E-state index in [1.54, 1.807) is 31.6 Å². The van der Waals surface area contributed by atoms with Gasteiger partial charge in [0, 0.05) is 29.2 Å². The quantitative estimate of drug-likeness (QED) is 0.329. The van der Waals surface area contributed by atoms with E-state index >= 15 is 0 Å². The molecular weight excluding hydrogens is 468 g/mol. The van der Waals surface area contributed by atoms with E-state index in [0.717, 1.165) is 27.2 Å². The predicted molar refractivity (Wildman–Crippen MR) is 126 cm³/mol. The Kier molecular flexibility index (Phi) is 6.87. The van der Waals surface area contributed by atoms with Crippen molar-refractivity contribution in [2.45, 2.75) is 29.8 Å². The molecular formula is C21H24N4O4S3. The Morgan fingerprint density at radius 2 is 2.09 bits per heavy atom. The minimum atomic E-state index is -2.99. The Morgan fingerprint density at radius 1 is 1.28 bits per heavy atom. The lowest BCUT2D eigenvalue weighted by Gasteiger charge is -2.10. The summed E-state index contributed by atoms with van der Waals surface area (Å²) in [6.45, 7) is 4.36. The number of methoxy groups -OCH3 is 2. The lowest BCUT2D eigenvalue weighted by atomic mass is 10.1. The molecule has 1 fully saturated rings. The normalized spacial score (nSPS) is 17.4. The number of benzene rings is 1. The number of thioether (sulfide) groups is 1. The van der Waals surface area contributed by atoms with Gasteiger partial charge in [0.1, 0.15) is 10.8 Å². The van der Waals surface area contributed by atoms with E-state index in [2.05, 4.69) is 16.8 Å². The second kappa shape index (κ2) is 9.63. The molecule has 0 aliphatic carbocycles. The average Bonchev–Trinajstić information content (AvgIpc) is 3.50. The van der Waals surface area contributed by atoms with E-state index in [1.165, 1.54) is 11.8 Å². The molecule has 1 saturated heterocycles. The maximum atomic E-state index is 11.9. The maximum Gasteiger partial charge on any atom is 0.191 e. The highest BCUT2D eigenvalue weighted by Gasteiger charge is 2.33. The van der Waals surface area contributed by atoms with Crippen LogP contribution in [0.1, 0.15) is 23.9 Å². The van der Waals surface area contributed by atoms with Crippen LogP contribution in [0.4, 0.5) is 0 Å². The molecule has 0 spiro atoms. The Hall–Kier alpha value is -2.37. The highest BCUT2D eigenvalue weighted by atomic mass is 32.2. The maximum absolute atomic E-state index is 11.9. The van der Waals surface area contributed by atoms with Crippen LogP contribution in [0.15, 0.2) is 41.4 Å². The molecule has 1 aliphatic rings. The number of hydrogen-bond acceptors (Lipinski definition) is 9. The predicted octanol–water partition coefficient (Wildman–Crippen LogP) is 3.80. The fourth-order valence-corrected chi connectivity index (χ4v) is 7.13. The van der Waals surface area contributed by atoms with Crippen molar-refractivity contribution in [2.75, 3.05) is 25.7 Å². The number of hydrogen-bond donors (Lipinski definition) is 0. The van der Waals surface area contributed by atoms with Crippen LogP contribution in [0.3, 0.4) is 0 Å². The second-order valence-corrected chi connectivity index (χ2v) is 11.4. The number of aromatic nitrogens is 4. The zero-order chi connectivity index (χ0) is 22.7. The molecule has 0 radical (unpaired) electrons. The molecule has 2 aromatic heterocycles. The van der Waals surface area contributed by atoms with Crippen molar-refractivity contribution in [1.29, 1.82) is 0 Å². The van der Waals surface area contributed by atoms with Gasteiger partial charge in [0.25, 0.3) is 0 Å². The van der Waals surface area contributed by atoms with Gasteiger partial charge in [-0.15, -0.1) is 28.1 Å². The SMILES string of the molecule is C=CCn1c(SCc2csc(-c3ccc(OC)c(OC)c3)n2)nnc1C1CCS(=O)(=O)C1. The van der Waals surface area contributed by atoms with Gasteiger partial charge in [-0.05, 0) is 24.6 Å². The largest absolute Gasteiger partial charge is 0.493 e. The first-order chi connectivity index (χ1) is 15.4. The van der Waals surface area contributed by atoms with Gasteiger partial charge in [-0.2, -0.15) is 0 Å². The first kappa shape index (κ1) is 22.8. The van der Waals surface area contributed by atoms with E-state index in [4.69, 9.17) is 14.5 Å². The van der Waals surface area contributed by atoms with Gasteiger partial charge in [-0.1, -0.05) is 17.8 Å². The molecule has 1 aromatic carbocycles. The van der Waals surface area contributed by atoms with Crippen molar-refractivity contribution in [3.63, 3.8) is 0 Å². The average molecular weight is 493 g/mol. The minimum absolute atomic E-state index is 0.113. The summed E-state index contributed by atoms with van der Waals surface area (Å²) in [4.78, 5) is 4.75. The third kappa shape index (κ3) is 4.84. The molecule has 1 aliphatic heterocycles. The van der Waals surface area contributed by atoms with E-state index in [-0.39, 0.29) is 17.4 Å². The molecule has 11 heteroatoms. The fourth-order valence-electron chi connectivity index (χ4n) is 3.62. The summed E-state index contributed by atoms with van der Waals surface area (Å²) in [7, 11) is 0.227. The number of thiazole rings is 1.